The van der Waals surface area contributed by atoms with Gasteiger partial charge >= 0.3 is 6.36 Å². The molecule has 0 aliphatic rings. The Labute approximate surface area is 83.1 Å². The van der Waals surface area contributed by atoms with Gasteiger partial charge in [-0.25, -0.2) is 4.98 Å². The molecule has 0 radical (unpaired) electrons. The van der Waals surface area contributed by atoms with Crippen LogP contribution in [0.15, 0.2) is 12.3 Å². The number of rotatable bonds is 2. The number of halogens is 3. The van der Waals surface area contributed by atoms with Gasteiger partial charge < -0.3 is 10.5 Å². The number of hydrogen-bond acceptors (Lipinski definition) is 4. The lowest BCUT2D eigenvalue weighted by molar-refractivity contribution is -0.275. The highest BCUT2D eigenvalue weighted by Gasteiger charge is 2.32. The molecule has 0 atom stereocenters. The highest BCUT2D eigenvalue weighted by atomic mass is 19.4. The van der Waals surface area contributed by atoms with Gasteiger partial charge in [-0.05, 0) is 6.07 Å². The molecule has 0 bridgehead atoms. The van der Waals surface area contributed by atoms with Crippen LogP contribution in [-0.2, 0) is 6.54 Å². The number of nitrogens with two attached hydrogens (primary N) is 1. The van der Waals surface area contributed by atoms with E-state index >= 15 is 0 Å². The summed E-state index contributed by atoms with van der Waals surface area (Å²) < 4.78 is 39.3. The highest BCUT2D eigenvalue weighted by molar-refractivity contribution is 5.36. The van der Waals surface area contributed by atoms with Crippen molar-refractivity contribution in [1.29, 1.82) is 5.26 Å². The summed E-state index contributed by atoms with van der Waals surface area (Å²) in [6.07, 6.45) is -3.96. The quantitative estimate of drug-likeness (QED) is 0.810. The summed E-state index contributed by atoms with van der Waals surface area (Å²) in [4.78, 5) is 3.45. The maximum Gasteiger partial charge on any atom is 0.573 e. The van der Waals surface area contributed by atoms with E-state index in [1.807, 2.05) is 0 Å². The smallest absolute Gasteiger partial charge is 0.404 e. The molecule has 0 aromatic carbocycles. The summed E-state index contributed by atoms with van der Waals surface area (Å²) in [5.41, 5.74) is 5.28. The van der Waals surface area contributed by atoms with Crippen LogP contribution in [-0.4, -0.2) is 11.3 Å². The van der Waals surface area contributed by atoms with E-state index in [0.29, 0.717) is 0 Å². The molecular formula is C8H6F3N3O. The number of alkyl halides is 3. The number of pyridine rings is 1. The van der Waals surface area contributed by atoms with Gasteiger partial charge in [0.2, 0.25) is 0 Å². The van der Waals surface area contributed by atoms with Crippen LogP contribution >= 0.6 is 0 Å². The lowest BCUT2D eigenvalue weighted by atomic mass is 10.2. The molecule has 1 aromatic rings. The Morgan fingerprint density at radius 1 is 1.53 bits per heavy atom. The molecular weight excluding hydrogens is 211 g/mol. The highest BCUT2D eigenvalue weighted by Crippen LogP contribution is 2.25. The van der Waals surface area contributed by atoms with Gasteiger partial charge in [-0.2, -0.15) is 5.26 Å². The Bertz CT molecular complexity index is 397. The maximum atomic E-state index is 11.9. The number of hydrogen-bond donors (Lipinski definition) is 1. The first kappa shape index (κ1) is 11.3. The van der Waals surface area contributed by atoms with Crippen LogP contribution in [0, 0.1) is 11.3 Å². The summed E-state index contributed by atoms with van der Waals surface area (Å²) in [7, 11) is 0. The fourth-order valence-corrected chi connectivity index (χ4v) is 0.922. The van der Waals surface area contributed by atoms with E-state index in [0.717, 1.165) is 12.3 Å². The predicted octanol–water partition coefficient (Wildman–Crippen LogP) is 1.31. The van der Waals surface area contributed by atoms with Gasteiger partial charge in [0, 0.05) is 12.1 Å². The van der Waals surface area contributed by atoms with Crippen LogP contribution in [0.3, 0.4) is 0 Å². The maximum absolute atomic E-state index is 11.9. The molecule has 1 rings (SSSR count). The Hall–Kier alpha value is -1.81. The van der Waals surface area contributed by atoms with Crippen molar-refractivity contribution in [2.75, 3.05) is 0 Å². The van der Waals surface area contributed by atoms with Crippen LogP contribution in [0.4, 0.5) is 13.2 Å². The molecule has 0 unspecified atom stereocenters. The average Bonchev–Trinajstić information content (AvgIpc) is 2.16. The molecule has 1 aromatic heterocycles. The average molecular weight is 217 g/mol. The van der Waals surface area contributed by atoms with Gasteiger partial charge in [-0.3, -0.25) is 0 Å². The van der Waals surface area contributed by atoms with Gasteiger partial charge in [-0.1, -0.05) is 0 Å². The van der Waals surface area contributed by atoms with E-state index in [1.54, 1.807) is 6.07 Å². The molecule has 7 heteroatoms. The Morgan fingerprint density at radius 3 is 2.67 bits per heavy atom. The summed E-state index contributed by atoms with van der Waals surface area (Å²) in [6.45, 7) is -0.164. The van der Waals surface area contributed by atoms with Crippen LogP contribution in [0.1, 0.15) is 11.3 Å². The zero-order valence-corrected chi connectivity index (χ0v) is 7.38. The third kappa shape index (κ3) is 3.11. The van der Waals surface area contributed by atoms with Crippen LogP contribution < -0.4 is 10.5 Å². The van der Waals surface area contributed by atoms with Gasteiger partial charge in [0.1, 0.15) is 11.8 Å². The first-order valence-electron chi connectivity index (χ1n) is 3.81. The molecule has 0 fully saturated rings. The topological polar surface area (TPSA) is 71.9 Å². The molecule has 0 saturated heterocycles. The lowest BCUT2D eigenvalue weighted by Gasteiger charge is -2.11. The van der Waals surface area contributed by atoms with Gasteiger partial charge in [0.25, 0.3) is 0 Å². The van der Waals surface area contributed by atoms with E-state index in [-0.39, 0.29) is 17.8 Å². The van der Waals surface area contributed by atoms with Crippen molar-refractivity contribution in [2.45, 2.75) is 12.9 Å². The van der Waals surface area contributed by atoms with E-state index < -0.39 is 12.1 Å². The van der Waals surface area contributed by atoms with Gasteiger partial charge in [-0.15, -0.1) is 13.2 Å². The van der Waals surface area contributed by atoms with Crippen molar-refractivity contribution in [3.8, 4) is 11.8 Å². The van der Waals surface area contributed by atoms with E-state index in [2.05, 4.69) is 9.72 Å². The monoisotopic (exact) mass is 217 g/mol. The fraction of sp³-hybridized carbons (Fsp3) is 0.250. The van der Waals surface area contributed by atoms with Gasteiger partial charge in [0.15, 0.2) is 5.75 Å². The molecule has 0 aliphatic heterocycles. The number of aromatic nitrogens is 1. The minimum Gasteiger partial charge on any atom is -0.404 e. The second-order valence-electron chi connectivity index (χ2n) is 2.54. The van der Waals surface area contributed by atoms with E-state index in [1.165, 1.54) is 0 Å². The van der Waals surface area contributed by atoms with Crippen molar-refractivity contribution in [3.05, 3.63) is 23.5 Å². The molecule has 15 heavy (non-hydrogen) atoms. The van der Waals surface area contributed by atoms with Crippen molar-refractivity contribution >= 4 is 0 Å². The zero-order chi connectivity index (χ0) is 11.5. The second-order valence-corrected chi connectivity index (χ2v) is 2.54. The first-order chi connectivity index (χ1) is 6.96. The second kappa shape index (κ2) is 4.14. The molecule has 0 saturated carbocycles. The van der Waals surface area contributed by atoms with Crippen molar-refractivity contribution in [1.82, 2.24) is 4.98 Å². The zero-order valence-electron chi connectivity index (χ0n) is 7.38. The standard InChI is InChI=1S/C8H6F3N3O/c9-8(10,11)15-7-4-14-6(3-13)1-5(7)2-12/h1,4H,2,12H2. The fourth-order valence-electron chi connectivity index (χ4n) is 0.922. The molecule has 4 nitrogen and oxygen atoms in total. The first-order valence-corrected chi connectivity index (χ1v) is 3.81. The lowest BCUT2D eigenvalue weighted by Crippen LogP contribution is -2.19. The minimum atomic E-state index is -4.79. The minimum absolute atomic E-state index is 0.00928. The van der Waals surface area contributed by atoms with E-state index in [9.17, 15) is 13.2 Å². The van der Waals surface area contributed by atoms with Crippen LogP contribution in [0.2, 0.25) is 0 Å². The van der Waals surface area contributed by atoms with Crippen LogP contribution in [0.5, 0.6) is 5.75 Å². The summed E-state index contributed by atoms with van der Waals surface area (Å²) in [5.74, 6) is -0.482. The van der Waals surface area contributed by atoms with E-state index in [4.69, 9.17) is 11.0 Å². The third-order valence-corrected chi connectivity index (χ3v) is 1.51. The Morgan fingerprint density at radius 2 is 2.20 bits per heavy atom. The van der Waals surface area contributed by atoms with Crippen molar-refractivity contribution < 1.29 is 17.9 Å². The summed E-state index contributed by atoms with van der Waals surface area (Å²) in [6, 6.07) is 2.84. The normalized spacial score (nSPS) is 10.9. The molecule has 80 valence electrons. The third-order valence-electron chi connectivity index (χ3n) is 1.51. The van der Waals surface area contributed by atoms with Crippen molar-refractivity contribution in [3.63, 3.8) is 0 Å². The summed E-state index contributed by atoms with van der Waals surface area (Å²) >= 11 is 0. The Balaban J connectivity index is 3.04. The van der Waals surface area contributed by atoms with Crippen molar-refractivity contribution in [2.24, 2.45) is 5.73 Å². The number of nitrogens with zero attached hydrogens (tertiary/aromatic N) is 2. The SMILES string of the molecule is N#Cc1cc(CN)c(OC(F)(F)F)cn1. The Kier molecular flexibility index (Phi) is 3.11. The molecule has 1 heterocycles. The predicted molar refractivity (Wildman–Crippen MR) is 43.5 cm³/mol. The molecule has 0 spiro atoms. The van der Waals surface area contributed by atoms with Gasteiger partial charge in [0.05, 0.1) is 6.20 Å². The molecule has 0 aliphatic carbocycles. The summed E-state index contributed by atoms with van der Waals surface area (Å²) in [5, 5.41) is 8.46. The molecule has 0 amide bonds. The number of ether oxygens (including phenoxy) is 1. The van der Waals surface area contributed by atoms with Crippen LogP contribution in [0.25, 0.3) is 0 Å². The molecule has 2 N–H and O–H groups in total. The largest absolute Gasteiger partial charge is 0.573 e. The number of nitriles is 1.